The van der Waals surface area contributed by atoms with Gasteiger partial charge in [0.2, 0.25) is 0 Å². The molecule has 3 heteroatoms. The summed E-state index contributed by atoms with van der Waals surface area (Å²) in [5.74, 6) is 1.78. The second-order valence-corrected chi connectivity index (χ2v) is 5.93. The monoisotopic (exact) mass is 240 g/mol. The minimum atomic E-state index is 0.701. The quantitative estimate of drug-likeness (QED) is 0.792. The fourth-order valence-electron chi connectivity index (χ4n) is 2.94. The van der Waals surface area contributed by atoms with E-state index in [-0.39, 0.29) is 0 Å². The summed E-state index contributed by atoms with van der Waals surface area (Å²) in [6, 6.07) is 0.701. The van der Waals surface area contributed by atoms with Crippen molar-refractivity contribution >= 4 is 0 Å². The molecule has 1 unspecified atom stereocenters. The Morgan fingerprint density at radius 1 is 1.24 bits per heavy atom. The zero-order chi connectivity index (χ0) is 12.1. The van der Waals surface area contributed by atoms with Crippen LogP contribution in [0.2, 0.25) is 0 Å². The van der Waals surface area contributed by atoms with Crippen LogP contribution in [0.3, 0.4) is 0 Å². The molecular weight excluding hydrogens is 212 g/mol. The van der Waals surface area contributed by atoms with Gasteiger partial charge < -0.3 is 15.0 Å². The van der Waals surface area contributed by atoms with Crippen molar-refractivity contribution in [2.24, 2.45) is 11.8 Å². The van der Waals surface area contributed by atoms with E-state index in [0.717, 1.165) is 31.6 Å². The first-order valence-electron chi connectivity index (χ1n) is 7.29. The van der Waals surface area contributed by atoms with Crippen LogP contribution in [-0.4, -0.2) is 50.3 Å². The van der Waals surface area contributed by atoms with Crippen LogP contribution in [0.5, 0.6) is 0 Å². The van der Waals surface area contributed by atoms with Crippen molar-refractivity contribution in [1.82, 2.24) is 10.2 Å². The lowest BCUT2D eigenvalue weighted by Gasteiger charge is -2.25. The van der Waals surface area contributed by atoms with E-state index in [4.69, 9.17) is 4.74 Å². The summed E-state index contributed by atoms with van der Waals surface area (Å²) >= 11 is 0. The van der Waals surface area contributed by atoms with Gasteiger partial charge in [-0.3, -0.25) is 0 Å². The van der Waals surface area contributed by atoms with Crippen molar-refractivity contribution < 1.29 is 4.74 Å². The zero-order valence-electron chi connectivity index (χ0n) is 11.5. The lowest BCUT2D eigenvalue weighted by atomic mass is 9.95. The summed E-state index contributed by atoms with van der Waals surface area (Å²) in [6.07, 6.45) is 3.78. The molecule has 0 aromatic rings. The molecule has 2 rings (SSSR count). The van der Waals surface area contributed by atoms with Crippen molar-refractivity contribution in [3.63, 3.8) is 0 Å². The number of likely N-dealkylation sites (tertiary alicyclic amines) is 1. The number of hydrogen-bond acceptors (Lipinski definition) is 3. The van der Waals surface area contributed by atoms with Gasteiger partial charge >= 0.3 is 0 Å². The summed E-state index contributed by atoms with van der Waals surface area (Å²) in [4.78, 5) is 2.62. The van der Waals surface area contributed by atoms with E-state index < -0.39 is 0 Å². The molecule has 2 aliphatic rings. The molecule has 100 valence electrons. The Morgan fingerprint density at radius 2 is 2.00 bits per heavy atom. The molecule has 0 spiro atoms. The molecule has 0 bridgehead atoms. The van der Waals surface area contributed by atoms with Gasteiger partial charge in [0.05, 0.1) is 0 Å². The maximum Gasteiger partial charge on any atom is 0.0480 e. The molecule has 0 amide bonds. The van der Waals surface area contributed by atoms with Gasteiger partial charge in [0.15, 0.2) is 0 Å². The Morgan fingerprint density at radius 3 is 2.65 bits per heavy atom. The van der Waals surface area contributed by atoms with Gasteiger partial charge in [0, 0.05) is 38.9 Å². The van der Waals surface area contributed by atoms with E-state index in [1.165, 1.54) is 38.9 Å². The van der Waals surface area contributed by atoms with Crippen LogP contribution in [0.4, 0.5) is 0 Å². The molecule has 0 aliphatic carbocycles. The number of nitrogens with zero attached hydrogens (tertiary/aromatic N) is 1. The van der Waals surface area contributed by atoms with Gasteiger partial charge in [-0.2, -0.15) is 0 Å². The highest BCUT2D eigenvalue weighted by Crippen LogP contribution is 2.22. The van der Waals surface area contributed by atoms with E-state index in [1.54, 1.807) is 0 Å². The Kier molecular flexibility index (Phi) is 5.26. The smallest absolute Gasteiger partial charge is 0.0480 e. The van der Waals surface area contributed by atoms with Crippen LogP contribution in [0.15, 0.2) is 0 Å². The van der Waals surface area contributed by atoms with Gasteiger partial charge in [-0.25, -0.2) is 0 Å². The van der Waals surface area contributed by atoms with Crippen molar-refractivity contribution in [3.8, 4) is 0 Å². The van der Waals surface area contributed by atoms with Crippen molar-refractivity contribution in [1.29, 1.82) is 0 Å². The van der Waals surface area contributed by atoms with Gasteiger partial charge in [-0.15, -0.1) is 0 Å². The van der Waals surface area contributed by atoms with E-state index in [1.807, 2.05) is 0 Å². The molecule has 2 saturated heterocycles. The molecule has 0 saturated carbocycles. The number of nitrogens with one attached hydrogen (secondary N) is 1. The maximum atomic E-state index is 5.37. The Bertz CT molecular complexity index is 214. The zero-order valence-corrected chi connectivity index (χ0v) is 11.5. The first-order chi connectivity index (χ1) is 8.25. The van der Waals surface area contributed by atoms with E-state index in [2.05, 4.69) is 24.1 Å². The Balaban J connectivity index is 1.56. The van der Waals surface area contributed by atoms with E-state index in [0.29, 0.717) is 6.04 Å². The predicted molar refractivity (Wildman–Crippen MR) is 71.2 cm³/mol. The maximum absolute atomic E-state index is 5.37. The van der Waals surface area contributed by atoms with Crippen LogP contribution in [-0.2, 0) is 4.74 Å². The molecular formula is C14H28N2O. The third-order valence-corrected chi connectivity index (χ3v) is 4.33. The highest BCUT2D eigenvalue weighted by atomic mass is 16.5. The SMILES string of the molecule is CC(C)C1CCN(CCNC2CCOCC2)C1. The van der Waals surface area contributed by atoms with Crippen LogP contribution in [0.25, 0.3) is 0 Å². The Labute approximate surface area is 106 Å². The van der Waals surface area contributed by atoms with Crippen LogP contribution in [0, 0.1) is 11.8 Å². The minimum absolute atomic E-state index is 0.701. The minimum Gasteiger partial charge on any atom is -0.381 e. The number of rotatable bonds is 5. The van der Waals surface area contributed by atoms with Crippen LogP contribution < -0.4 is 5.32 Å². The van der Waals surface area contributed by atoms with Gasteiger partial charge in [-0.1, -0.05) is 13.8 Å². The molecule has 3 nitrogen and oxygen atoms in total. The first kappa shape index (κ1) is 13.3. The number of ether oxygens (including phenoxy) is 1. The molecule has 2 fully saturated rings. The first-order valence-corrected chi connectivity index (χ1v) is 7.29. The largest absolute Gasteiger partial charge is 0.381 e. The highest BCUT2D eigenvalue weighted by Gasteiger charge is 2.24. The third-order valence-electron chi connectivity index (χ3n) is 4.33. The molecule has 1 N–H and O–H groups in total. The fraction of sp³-hybridized carbons (Fsp3) is 1.00. The standard InChI is InChI=1S/C14H28N2O/c1-12(2)13-3-7-16(11-13)8-6-15-14-4-9-17-10-5-14/h12-15H,3-11H2,1-2H3. The molecule has 17 heavy (non-hydrogen) atoms. The van der Waals surface area contributed by atoms with E-state index in [9.17, 15) is 0 Å². The van der Waals surface area contributed by atoms with Crippen LogP contribution >= 0.6 is 0 Å². The topological polar surface area (TPSA) is 24.5 Å². The van der Waals surface area contributed by atoms with Gasteiger partial charge in [0.25, 0.3) is 0 Å². The summed E-state index contributed by atoms with van der Waals surface area (Å²) in [5.41, 5.74) is 0. The molecule has 2 aliphatic heterocycles. The summed E-state index contributed by atoms with van der Waals surface area (Å²) in [6.45, 7) is 11.6. The molecule has 2 heterocycles. The number of hydrogen-bond donors (Lipinski definition) is 1. The Hall–Kier alpha value is -0.120. The molecule has 0 aromatic heterocycles. The average molecular weight is 240 g/mol. The predicted octanol–water partition coefficient (Wildman–Crippen LogP) is 1.73. The average Bonchev–Trinajstić information content (AvgIpc) is 2.79. The van der Waals surface area contributed by atoms with E-state index >= 15 is 0 Å². The fourth-order valence-corrected chi connectivity index (χ4v) is 2.94. The van der Waals surface area contributed by atoms with Crippen LogP contribution in [0.1, 0.15) is 33.1 Å². The normalized spacial score (nSPS) is 28.1. The third kappa shape index (κ3) is 4.23. The lowest BCUT2D eigenvalue weighted by Crippen LogP contribution is -2.39. The molecule has 1 atom stereocenters. The highest BCUT2D eigenvalue weighted by molar-refractivity contribution is 4.78. The summed E-state index contributed by atoms with van der Waals surface area (Å²) < 4.78 is 5.37. The van der Waals surface area contributed by atoms with Gasteiger partial charge in [-0.05, 0) is 37.6 Å². The summed E-state index contributed by atoms with van der Waals surface area (Å²) in [5, 5.41) is 3.67. The van der Waals surface area contributed by atoms with Gasteiger partial charge in [0.1, 0.15) is 0 Å². The second-order valence-electron chi connectivity index (χ2n) is 5.93. The second kappa shape index (κ2) is 6.72. The molecule has 0 aromatic carbocycles. The van der Waals surface area contributed by atoms with Crippen molar-refractivity contribution in [2.75, 3.05) is 39.4 Å². The van der Waals surface area contributed by atoms with Crippen molar-refractivity contribution in [3.05, 3.63) is 0 Å². The molecule has 0 radical (unpaired) electrons. The lowest BCUT2D eigenvalue weighted by molar-refractivity contribution is 0.0774. The van der Waals surface area contributed by atoms with Crippen molar-refractivity contribution in [2.45, 2.75) is 39.2 Å². The summed E-state index contributed by atoms with van der Waals surface area (Å²) in [7, 11) is 0.